The minimum Gasteiger partial charge on any atom is -0.354 e. The molecule has 8 heteroatoms. The molecule has 0 bridgehead atoms. The summed E-state index contributed by atoms with van der Waals surface area (Å²) in [5.41, 5.74) is 2.26. The van der Waals surface area contributed by atoms with Crippen LogP contribution in [0.15, 0.2) is 54.6 Å². The summed E-state index contributed by atoms with van der Waals surface area (Å²) in [6, 6.07) is 15.9. The van der Waals surface area contributed by atoms with Crippen LogP contribution in [0.2, 0.25) is 0 Å². The lowest BCUT2D eigenvalue weighted by molar-refractivity contribution is -0.140. The highest BCUT2D eigenvalue weighted by atomic mass is 32.2. The molecule has 7 nitrogen and oxygen atoms in total. The molecule has 1 atom stereocenters. The van der Waals surface area contributed by atoms with Gasteiger partial charge in [0.15, 0.2) is 0 Å². The van der Waals surface area contributed by atoms with E-state index in [1.807, 2.05) is 56.3 Å². The molecule has 0 fully saturated rings. The largest absolute Gasteiger partial charge is 0.354 e. The van der Waals surface area contributed by atoms with E-state index in [9.17, 15) is 18.0 Å². The predicted octanol–water partition coefficient (Wildman–Crippen LogP) is 4.47. The van der Waals surface area contributed by atoms with E-state index in [4.69, 9.17) is 0 Å². The van der Waals surface area contributed by atoms with Crippen LogP contribution in [0.1, 0.15) is 65.0 Å². The van der Waals surface area contributed by atoms with Crippen LogP contribution < -0.4 is 9.62 Å². The summed E-state index contributed by atoms with van der Waals surface area (Å²) in [6.07, 6.45) is 3.30. The molecule has 0 saturated heterocycles. The van der Waals surface area contributed by atoms with E-state index in [1.54, 1.807) is 12.1 Å². The number of unbranched alkanes of at least 4 members (excludes halogenated alkanes) is 1. The summed E-state index contributed by atoms with van der Waals surface area (Å²) in [7, 11) is -3.75. The minimum atomic E-state index is -3.75. The first-order valence-corrected chi connectivity index (χ1v) is 14.4. The maximum absolute atomic E-state index is 13.7. The molecule has 2 aromatic carbocycles. The Kier molecular flexibility index (Phi) is 10.5. The number of rotatable bonds is 12. The lowest BCUT2D eigenvalue weighted by atomic mass is 9.87. The molecule has 0 spiro atoms. The number of nitrogens with zero attached hydrogens (tertiary/aromatic N) is 2. The number of benzene rings is 2. The van der Waals surface area contributed by atoms with E-state index in [-0.39, 0.29) is 24.4 Å². The van der Waals surface area contributed by atoms with Crippen molar-refractivity contribution in [2.75, 3.05) is 23.7 Å². The first-order valence-electron chi connectivity index (χ1n) is 12.6. The van der Waals surface area contributed by atoms with Crippen molar-refractivity contribution in [1.29, 1.82) is 0 Å². The lowest BCUT2D eigenvalue weighted by Gasteiger charge is -2.33. The van der Waals surface area contributed by atoms with Gasteiger partial charge >= 0.3 is 0 Å². The molecule has 0 aliphatic carbocycles. The standard InChI is InChI=1S/C28H41N3O4S/c1-7-9-19-29-27(33)25(8-2)30(20-22-13-11-10-12-14-22)26(32)21-31(36(6,34)35)24-17-15-23(16-18-24)28(3,4)5/h10-18,25H,7-9,19-21H2,1-6H3,(H,29,33). The fourth-order valence-electron chi connectivity index (χ4n) is 3.95. The number of carbonyl (C=O) groups excluding carboxylic acids is 2. The van der Waals surface area contributed by atoms with Crippen LogP contribution in [-0.2, 0) is 31.6 Å². The van der Waals surface area contributed by atoms with Crippen LogP contribution in [0.5, 0.6) is 0 Å². The van der Waals surface area contributed by atoms with Crippen LogP contribution in [0.25, 0.3) is 0 Å². The molecule has 1 N–H and O–H groups in total. The van der Waals surface area contributed by atoms with E-state index in [1.165, 1.54) is 4.90 Å². The molecule has 2 aromatic rings. The monoisotopic (exact) mass is 515 g/mol. The summed E-state index contributed by atoms with van der Waals surface area (Å²) >= 11 is 0. The Morgan fingerprint density at radius 1 is 0.972 bits per heavy atom. The van der Waals surface area contributed by atoms with Gasteiger partial charge in [0.25, 0.3) is 0 Å². The molecule has 2 amide bonds. The second kappa shape index (κ2) is 12.9. The number of amides is 2. The van der Waals surface area contributed by atoms with Gasteiger partial charge in [-0.15, -0.1) is 0 Å². The number of sulfonamides is 1. The number of anilines is 1. The highest BCUT2D eigenvalue weighted by Gasteiger charge is 2.31. The summed E-state index contributed by atoms with van der Waals surface area (Å²) in [6.45, 7) is 10.5. The van der Waals surface area contributed by atoms with Crippen molar-refractivity contribution in [2.45, 2.75) is 71.9 Å². The van der Waals surface area contributed by atoms with Crippen LogP contribution in [0.4, 0.5) is 5.69 Å². The second-order valence-electron chi connectivity index (χ2n) is 10.1. The van der Waals surface area contributed by atoms with Crippen LogP contribution in [0.3, 0.4) is 0 Å². The Labute approximate surface area is 216 Å². The summed E-state index contributed by atoms with van der Waals surface area (Å²) in [5.74, 6) is -0.655. The Bertz CT molecular complexity index is 1090. The molecule has 0 radical (unpaired) electrons. The van der Waals surface area contributed by atoms with E-state index in [2.05, 4.69) is 26.1 Å². The van der Waals surface area contributed by atoms with Gasteiger partial charge in [0.1, 0.15) is 12.6 Å². The van der Waals surface area contributed by atoms with Gasteiger partial charge in [-0.05, 0) is 41.5 Å². The predicted molar refractivity (Wildman–Crippen MR) is 146 cm³/mol. The van der Waals surface area contributed by atoms with E-state index in [0.29, 0.717) is 18.7 Å². The van der Waals surface area contributed by atoms with Crippen molar-refractivity contribution in [2.24, 2.45) is 0 Å². The molecule has 0 heterocycles. The molecule has 0 saturated carbocycles. The first kappa shape index (κ1) is 29.4. The number of hydrogen-bond donors (Lipinski definition) is 1. The average Bonchev–Trinajstić information content (AvgIpc) is 2.82. The fraction of sp³-hybridized carbons (Fsp3) is 0.500. The topological polar surface area (TPSA) is 86.8 Å². The second-order valence-corrected chi connectivity index (χ2v) is 12.0. The highest BCUT2D eigenvalue weighted by Crippen LogP contribution is 2.26. The van der Waals surface area contributed by atoms with Crippen LogP contribution in [-0.4, -0.2) is 50.5 Å². The highest BCUT2D eigenvalue weighted by molar-refractivity contribution is 7.92. The molecular weight excluding hydrogens is 474 g/mol. The van der Waals surface area contributed by atoms with Gasteiger partial charge < -0.3 is 10.2 Å². The Morgan fingerprint density at radius 2 is 1.58 bits per heavy atom. The normalized spacial score (nSPS) is 12.6. The molecule has 198 valence electrons. The first-order chi connectivity index (χ1) is 16.9. The van der Waals surface area contributed by atoms with Crippen molar-refractivity contribution < 1.29 is 18.0 Å². The van der Waals surface area contributed by atoms with Gasteiger partial charge in [0.05, 0.1) is 11.9 Å². The van der Waals surface area contributed by atoms with Gasteiger partial charge in [-0.2, -0.15) is 0 Å². The fourth-order valence-corrected chi connectivity index (χ4v) is 4.80. The van der Waals surface area contributed by atoms with Crippen molar-refractivity contribution in [3.63, 3.8) is 0 Å². The number of hydrogen-bond acceptors (Lipinski definition) is 4. The zero-order valence-electron chi connectivity index (χ0n) is 22.5. The van der Waals surface area contributed by atoms with Crippen molar-refractivity contribution in [1.82, 2.24) is 10.2 Å². The van der Waals surface area contributed by atoms with Gasteiger partial charge in [0, 0.05) is 13.1 Å². The van der Waals surface area contributed by atoms with E-state index < -0.39 is 22.0 Å². The maximum atomic E-state index is 13.7. The van der Waals surface area contributed by atoms with Crippen molar-refractivity contribution in [3.05, 3.63) is 65.7 Å². The Balaban J connectivity index is 2.38. The molecule has 0 aromatic heterocycles. The third-order valence-electron chi connectivity index (χ3n) is 6.11. The van der Waals surface area contributed by atoms with E-state index >= 15 is 0 Å². The zero-order valence-corrected chi connectivity index (χ0v) is 23.3. The molecule has 36 heavy (non-hydrogen) atoms. The quantitative estimate of drug-likeness (QED) is 0.423. The number of carbonyl (C=O) groups is 2. The summed E-state index contributed by atoms with van der Waals surface area (Å²) in [4.78, 5) is 28.2. The molecule has 2 rings (SSSR count). The zero-order chi connectivity index (χ0) is 26.9. The summed E-state index contributed by atoms with van der Waals surface area (Å²) in [5, 5.41) is 2.93. The maximum Gasteiger partial charge on any atom is 0.244 e. The molecule has 0 aliphatic rings. The smallest absolute Gasteiger partial charge is 0.244 e. The van der Waals surface area contributed by atoms with Crippen molar-refractivity contribution in [3.8, 4) is 0 Å². The minimum absolute atomic E-state index is 0.0871. The van der Waals surface area contributed by atoms with Gasteiger partial charge in [-0.1, -0.05) is 83.5 Å². The third kappa shape index (κ3) is 8.36. The van der Waals surface area contributed by atoms with Crippen LogP contribution in [0, 0.1) is 0 Å². The SMILES string of the molecule is CCCCNC(=O)C(CC)N(Cc1ccccc1)C(=O)CN(c1ccc(C(C)(C)C)cc1)S(C)(=O)=O. The molecular formula is C28H41N3O4S. The van der Waals surface area contributed by atoms with Crippen LogP contribution >= 0.6 is 0 Å². The van der Waals surface area contributed by atoms with E-state index in [0.717, 1.165) is 34.5 Å². The van der Waals surface area contributed by atoms with Gasteiger partial charge in [-0.3, -0.25) is 13.9 Å². The van der Waals surface area contributed by atoms with Crippen molar-refractivity contribution >= 4 is 27.5 Å². The van der Waals surface area contributed by atoms with Gasteiger partial charge in [-0.25, -0.2) is 8.42 Å². The molecule has 0 aliphatic heterocycles. The Hall–Kier alpha value is -2.87. The number of nitrogens with one attached hydrogen (secondary N) is 1. The lowest BCUT2D eigenvalue weighted by Crippen LogP contribution is -2.52. The summed E-state index contributed by atoms with van der Waals surface area (Å²) < 4.78 is 26.6. The Morgan fingerprint density at radius 3 is 2.08 bits per heavy atom. The third-order valence-corrected chi connectivity index (χ3v) is 7.25. The van der Waals surface area contributed by atoms with Gasteiger partial charge in [0.2, 0.25) is 21.8 Å². The molecule has 1 unspecified atom stereocenters. The average molecular weight is 516 g/mol.